The van der Waals surface area contributed by atoms with E-state index < -0.39 is 0 Å². The Bertz CT molecular complexity index is 560. The quantitative estimate of drug-likeness (QED) is 0.868. The molecule has 25 heavy (non-hydrogen) atoms. The van der Waals surface area contributed by atoms with Gasteiger partial charge in [-0.1, -0.05) is 20.8 Å². The molecule has 1 N–H and O–H groups in total. The van der Waals surface area contributed by atoms with Crippen molar-refractivity contribution in [2.45, 2.75) is 58.9 Å². The highest BCUT2D eigenvalue weighted by atomic mass is 35.5. The summed E-state index contributed by atoms with van der Waals surface area (Å²) in [6.07, 6.45) is 7.70. The van der Waals surface area contributed by atoms with Crippen LogP contribution in [0, 0.1) is 11.3 Å². The molecule has 1 aromatic rings. The normalized spacial score (nSPS) is 25.2. The number of amides is 1. The fourth-order valence-corrected chi connectivity index (χ4v) is 4.04. The zero-order valence-electron chi connectivity index (χ0n) is 15.8. The van der Waals surface area contributed by atoms with Crippen molar-refractivity contribution in [1.82, 2.24) is 20.0 Å². The van der Waals surface area contributed by atoms with E-state index in [9.17, 15) is 4.79 Å². The first-order valence-corrected chi connectivity index (χ1v) is 9.50. The molecule has 2 atom stereocenters. The third-order valence-corrected chi connectivity index (χ3v) is 5.71. The van der Waals surface area contributed by atoms with Crippen LogP contribution in [0.2, 0.25) is 0 Å². The summed E-state index contributed by atoms with van der Waals surface area (Å²) in [6, 6.07) is 2.28. The zero-order valence-corrected chi connectivity index (χ0v) is 16.6. The van der Waals surface area contributed by atoms with Crippen molar-refractivity contribution in [2.75, 3.05) is 26.2 Å². The molecule has 6 heteroatoms. The number of likely N-dealkylation sites (tertiary alicyclic amines) is 1. The van der Waals surface area contributed by atoms with Crippen molar-refractivity contribution in [3.05, 3.63) is 18.0 Å². The summed E-state index contributed by atoms with van der Waals surface area (Å²) in [5, 5.41) is 8.00. The maximum absolute atomic E-state index is 12.8. The second-order valence-corrected chi connectivity index (χ2v) is 8.47. The van der Waals surface area contributed by atoms with Gasteiger partial charge in [-0.3, -0.25) is 9.48 Å². The molecule has 0 saturated carbocycles. The Morgan fingerprint density at radius 1 is 1.20 bits per heavy atom. The highest BCUT2D eigenvalue weighted by molar-refractivity contribution is 5.92. The van der Waals surface area contributed by atoms with Gasteiger partial charge in [0.05, 0.1) is 6.04 Å². The van der Waals surface area contributed by atoms with Crippen LogP contribution in [-0.2, 0) is 0 Å². The molecule has 5 nitrogen and oxygen atoms in total. The Hall–Kier alpha value is -1.07. The van der Waals surface area contributed by atoms with Gasteiger partial charge in [-0.05, 0) is 56.0 Å². The van der Waals surface area contributed by atoms with E-state index in [1.54, 1.807) is 0 Å². The summed E-state index contributed by atoms with van der Waals surface area (Å²) in [4.78, 5) is 14.9. The topological polar surface area (TPSA) is 50.2 Å². The monoisotopic (exact) mass is 368 g/mol. The van der Waals surface area contributed by atoms with Gasteiger partial charge in [0.2, 0.25) is 0 Å². The van der Waals surface area contributed by atoms with Crippen LogP contribution in [0.5, 0.6) is 0 Å². The van der Waals surface area contributed by atoms with Crippen LogP contribution in [0.25, 0.3) is 0 Å². The second kappa shape index (κ2) is 8.54. The number of nitrogens with zero attached hydrogens (tertiary/aromatic N) is 3. The third kappa shape index (κ3) is 4.98. The van der Waals surface area contributed by atoms with Crippen molar-refractivity contribution in [3.63, 3.8) is 0 Å². The summed E-state index contributed by atoms with van der Waals surface area (Å²) in [6.45, 7) is 10.7. The van der Waals surface area contributed by atoms with Gasteiger partial charge in [-0.15, -0.1) is 12.4 Å². The van der Waals surface area contributed by atoms with Gasteiger partial charge >= 0.3 is 0 Å². The average Bonchev–Trinajstić information content (AvgIpc) is 2.91. The minimum atomic E-state index is 0. The van der Waals surface area contributed by atoms with Crippen LogP contribution in [0.4, 0.5) is 0 Å². The zero-order chi connectivity index (χ0) is 17.2. The Morgan fingerprint density at radius 2 is 2.00 bits per heavy atom. The molecular formula is C19H33ClN4O. The fraction of sp³-hybridized carbons (Fsp3) is 0.789. The van der Waals surface area contributed by atoms with Crippen molar-refractivity contribution in [1.29, 1.82) is 0 Å². The molecule has 2 unspecified atom stereocenters. The Balaban J connectivity index is 0.00000225. The minimum Gasteiger partial charge on any atom is -0.337 e. The van der Waals surface area contributed by atoms with Gasteiger partial charge in [-0.25, -0.2) is 0 Å². The number of carbonyl (C=O) groups is 1. The van der Waals surface area contributed by atoms with Crippen molar-refractivity contribution in [3.8, 4) is 0 Å². The van der Waals surface area contributed by atoms with E-state index in [0.29, 0.717) is 23.1 Å². The number of halogens is 1. The standard InChI is InChI=1S/C19H32N4O.ClH/c1-19(2,3)15-6-5-11-22(12-8-15)18(24)17-9-13-23(21-17)16-7-4-10-20-14-16;/h9,13,15-16,20H,4-8,10-12,14H2,1-3H3;1H. The van der Waals surface area contributed by atoms with E-state index >= 15 is 0 Å². The lowest BCUT2D eigenvalue weighted by Crippen LogP contribution is -2.34. The first-order chi connectivity index (χ1) is 11.4. The summed E-state index contributed by atoms with van der Waals surface area (Å²) in [5.41, 5.74) is 0.934. The molecule has 3 rings (SSSR count). The molecule has 1 amide bonds. The van der Waals surface area contributed by atoms with E-state index in [4.69, 9.17) is 0 Å². The van der Waals surface area contributed by atoms with Crippen molar-refractivity contribution >= 4 is 18.3 Å². The first-order valence-electron chi connectivity index (χ1n) is 9.50. The third-order valence-electron chi connectivity index (χ3n) is 5.71. The largest absolute Gasteiger partial charge is 0.337 e. The van der Waals surface area contributed by atoms with Crippen LogP contribution >= 0.6 is 12.4 Å². The van der Waals surface area contributed by atoms with Crippen molar-refractivity contribution < 1.29 is 4.79 Å². The molecule has 1 aromatic heterocycles. The summed E-state index contributed by atoms with van der Waals surface area (Å²) in [5.74, 6) is 0.799. The Labute approximate surface area is 157 Å². The maximum atomic E-state index is 12.8. The van der Waals surface area contributed by atoms with E-state index in [-0.39, 0.29) is 18.3 Å². The minimum absolute atomic E-state index is 0. The SMILES string of the molecule is CC(C)(C)C1CCCN(C(=O)c2ccn(C3CCCNC3)n2)CC1.Cl. The van der Waals surface area contributed by atoms with Gasteiger partial charge in [0.1, 0.15) is 5.69 Å². The summed E-state index contributed by atoms with van der Waals surface area (Å²) < 4.78 is 1.98. The van der Waals surface area contributed by atoms with Crippen LogP contribution in [0.1, 0.15) is 69.4 Å². The Kier molecular flexibility index (Phi) is 6.92. The van der Waals surface area contributed by atoms with E-state index in [1.165, 1.54) is 12.8 Å². The number of hydrogen-bond donors (Lipinski definition) is 1. The Morgan fingerprint density at radius 3 is 2.68 bits per heavy atom. The summed E-state index contributed by atoms with van der Waals surface area (Å²) >= 11 is 0. The molecule has 3 heterocycles. The highest BCUT2D eigenvalue weighted by Gasteiger charge is 2.29. The van der Waals surface area contributed by atoms with Crippen LogP contribution in [0.3, 0.4) is 0 Å². The number of rotatable bonds is 2. The lowest BCUT2D eigenvalue weighted by atomic mass is 9.77. The predicted molar refractivity (Wildman–Crippen MR) is 103 cm³/mol. The lowest BCUT2D eigenvalue weighted by Gasteiger charge is -2.29. The van der Waals surface area contributed by atoms with Gasteiger partial charge in [-0.2, -0.15) is 5.10 Å². The van der Waals surface area contributed by atoms with Crippen LogP contribution in [-0.4, -0.2) is 46.8 Å². The molecule has 0 aromatic carbocycles. The van der Waals surface area contributed by atoms with E-state index in [1.807, 2.05) is 21.8 Å². The molecule has 0 spiro atoms. The maximum Gasteiger partial charge on any atom is 0.274 e. The first kappa shape index (κ1) is 20.2. The molecule has 2 aliphatic rings. The lowest BCUT2D eigenvalue weighted by molar-refractivity contribution is 0.0748. The van der Waals surface area contributed by atoms with Gasteiger partial charge in [0, 0.05) is 25.8 Å². The van der Waals surface area contributed by atoms with Gasteiger partial charge < -0.3 is 10.2 Å². The summed E-state index contributed by atoms with van der Waals surface area (Å²) in [7, 11) is 0. The van der Waals surface area contributed by atoms with E-state index in [0.717, 1.165) is 45.4 Å². The predicted octanol–water partition coefficient (Wildman–Crippen LogP) is 3.52. The molecule has 2 fully saturated rings. The molecule has 2 aliphatic heterocycles. The van der Waals surface area contributed by atoms with Crippen LogP contribution < -0.4 is 5.32 Å². The van der Waals surface area contributed by atoms with Crippen LogP contribution in [0.15, 0.2) is 12.3 Å². The molecular weight excluding hydrogens is 336 g/mol. The fourth-order valence-electron chi connectivity index (χ4n) is 4.04. The molecule has 0 radical (unpaired) electrons. The molecule has 2 saturated heterocycles. The van der Waals surface area contributed by atoms with E-state index in [2.05, 4.69) is 31.2 Å². The average molecular weight is 369 g/mol. The number of piperidine rings is 1. The molecule has 0 aliphatic carbocycles. The number of aromatic nitrogens is 2. The molecule has 0 bridgehead atoms. The number of carbonyl (C=O) groups excluding carboxylic acids is 1. The molecule has 142 valence electrons. The number of hydrogen-bond acceptors (Lipinski definition) is 3. The van der Waals surface area contributed by atoms with Gasteiger partial charge in [0.25, 0.3) is 5.91 Å². The van der Waals surface area contributed by atoms with Gasteiger partial charge in [0.15, 0.2) is 0 Å². The van der Waals surface area contributed by atoms with Crippen molar-refractivity contribution in [2.24, 2.45) is 11.3 Å². The smallest absolute Gasteiger partial charge is 0.274 e. The second-order valence-electron chi connectivity index (χ2n) is 8.47. The highest BCUT2D eigenvalue weighted by Crippen LogP contribution is 2.34. The number of nitrogens with one attached hydrogen (secondary N) is 1.